The second-order valence-electron chi connectivity index (χ2n) is 6.86. The summed E-state index contributed by atoms with van der Waals surface area (Å²) in [5, 5.41) is 4.42. The number of benzene rings is 1. The Morgan fingerprint density at radius 1 is 1.17 bits per heavy atom. The molecule has 30 heavy (non-hydrogen) atoms. The minimum atomic E-state index is -0.383. The van der Waals surface area contributed by atoms with E-state index < -0.39 is 0 Å². The molecule has 1 aliphatic heterocycles. The second kappa shape index (κ2) is 10.2. The summed E-state index contributed by atoms with van der Waals surface area (Å²) in [6.45, 7) is 6.41. The molecule has 1 aliphatic rings. The number of ether oxygens (including phenoxy) is 1. The van der Waals surface area contributed by atoms with Gasteiger partial charge in [-0.1, -0.05) is 23.7 Å². The zero-order valence-electron chi connectivity index (χ0n) is 16.9. The normalized spacial score (nSPS) is 14.2. The minimum Gasteiger partial charge on any atom is -0.462 e. The first-order valence-corrected chi connectivity index (χ1v) is 11.4. The van der Waals surface area contributed by atoms with E-state index in [1.165, 1.54) is 11.3 Å². The number of nitrogens with one attached hydrogen (secondary N) is 1. The average molecular weight is 466 g/mol. The van der Waals surface area contributed by atoms with Gasteiger partial charge in [-0.25, -0.2) is 4.79 Å². The van der Waals surface area contributed by atoms with Crippen LogP contribution >= 0.6 is 35.2 Å². The van der Waals surface area contributed by atoms with E-state index in [2.05, 4.69) is 5.32 Å². The number of thiophene rings is 1. The number of carbonyl (C=O) groups is 2. The quantitative estimate of drug-likeness (QED) is 0.530. The average Bonchev–Trinajstić information content (AvgIpc) is 2.96. The van der Waals surface area contributed by atoms with E-state index in [4.69, 9.17) is 28.6 Å². The standard InChI is InChI=1S/C21H24ClN3O3S2/c1-3-28-20(27)19-17(13-18(30-19)15-5-7-16(22)8-6-15)23-21(29)25-10-4-9-24(11-12-25)14(2)26/h5-8,13H,3-4,9-12H2,1-2H3,(H,23,29). The van der Waals surface area contributed by atoms with Crippen LogP contribution in [0, 0.1) is 0 Å². The fourth-order valence-corrected chi connectivity index (χ4v) is 4.65. The molecule has 0 atom stereocenters. The largest absolute Gasteiger partial charge is 0.462 e. The van der Waals surface area contributed by atoms with Crippen molar-refractivity contribution in [3.05, 3.63) is 40.2 Å². The number of esters is 1. The highest BCUT2D eigenvalue weighted by Crippen LogP contribution is 2.36. The topological polar surface area (TPSA) is 61.9 Å². The molecule has 1 aromatic carbocycles. The summed E-state index contributed by atoms with van der Waals surface area (Å²) in [5.74, 6) is -0.308. The van der Waals surface area contributed by atoms with Gasteiger partial charge in [0.25, 0.3) is 0 Å². The summed E-state index contributed by atoms with van der Waals surface area (Å²) in [6.07, 6.45) is 0.839. The van der Waals surface area contributed by atoms with E-state index >= 15 is 0 Å². The van der Waals surface area contributed by atoms with Crippen LogP contribution in [0.2, 0.25) is 5.02 Å². The van der Waals surface area contributed by atoms with Gasteiger partial charge in [-0.15, -0.1) is 11.3 Å². The van der Waals surface area contributed by atoms with E-state index in [1.807, 2.05) is 40.1 Å². The maximum Gasteiger partial charge on any atom is 0.350 e. The predicted molar refractivity (Wildman–Crippen MR) is 125 cm³/mol. The van der Waals surface area contributed by atoms with Gasteiger partial charge in [0.1, 0.15) is 4.88 Å². The van der Waals surface area contributed by atoms with Gasteiger partial charge in [-0.2, -0.15) is 0 Å². The van der Waals surface area contributed by atoms with Crippen LogP contribution in [0.25, 0.3) is 10.4 Å². The van der Waals surface area contributed by atoms with Crippen LogP contribution in [0.15, 0.2) is 30.3 Å². The van der Waals surface area contributed by atoms with Gasteiger partial charge in [-0.05, 0) is 49.3 Å². The van der Waals surface area contributed by atoms with Gasteiger partial charge < -0.3 is 19.9 Å². The summed E-state index contributed by atoms with van der Waals surface area (Å²) in [5.41, 5.74) is 1.59. The summed E-state index contributed by atoms with van der Waals surface area (Å²) in [4.78, 5) is 29.4. The summed E-state index contributed by atoms with van der Waals surface area (Å²) in [7, 11) is 0. The molecule has 0 unspecified atom stereocenters. The van der Waals surface area contributed by atoms with E-state index in [1.54, 1.807) is 13.8 Å². The van der Waals surface area contributed by atoms with Gasteiger partial charge in [0, 0.05) is 43.0 Å². The molecule has 1 saturated heterocycles. The molecule has 0 radical (unpaired) electrons. The first kappa shape index (κ1) is 22.5. The highest BCUT2D eigenvalue weighted by atomic mass is 35.5. The number of hydrogen-bond acceptors (Lipinski definition) is 5. The van der Waals surface area contributed by atoms with Crippen LogP contribution in [0.1, 0.15) is 29.9 Å². The first-order chi connectivity index (χ1) is 14.4. The van der Waals surface area contributed by atoms with Crippen molar-refractivity contribution in [2.24, 2.45) is 0 Å². The van der Waals surface area contributed by atoms with Crippen LogP contribution in [-0.2, 0) is 9.53 Å². The summed E-state index contributed by atoms with van der Waals surface area (Å²) < 4.78 is 5.23. The molecular weight excluding hydrogens is 442 g/mol. The van der Waals surface area contributed by atoms with Crippen molar-refractivity contribution in [1.29, 1.82) is 0 Å². The third-order valence-electron chi connectivity index (χ3n) is 4.79. The molecule has 2 heterocycles. The lowest BCUT2D eigenvalue weighted by Crippen LogP contribution is -2.38. The van der Waals surface area contributed by atoms with E-state index in [-0.39, 0.29) is 11.9 Å². The van der Waals surface area contributed by atoms with Crippen LogP contribution in [0.5, 0.6) is 0 Å². The number of amides is 1. The monoisotopic (exact) mass is 465 g/mol. The maximum absolute atomic E-state index is 12.5. The molecule has 0 saturated carbocycles. The van der Waals surface area contributed by atoms with Crippen LogP contribution in [-0.4, -0.2) is 59.6 Å². The molecule has 1 aromatic heterocycles. The number of thiocarbonyl (C=S) groups is 1. The zero-order chi connectivity index (χ0) is 21.7. The number of hydrogen-bond donors (Lipinski definition) is 1. The Bertz CT molecular complexity index is 930. The molecule has 2 aromatic rings. The highest BCUT2D eigenvalue weighted by molar-refractivity contribution is 7.80. The number of halogens is 1. The Hall–Kier alpha value is -2.16. The Labute approximate surface area is 190 Å². The molecule has 1 fully saturated rings. The SMILES string of the molecule is CCOC(=O)c1sc(-c2ccc(Cl)cc2)cc1NC(=S)N1CCCN(C(C)=O)CC1. The minimum absolute atomic E-state index is 0.0748. The van der Waals surface area contributed by atoms with Gasteiger partial charge in [0.2, 0.25) is 5.91 Å². The van der Waals surface area contributed by atoms with Crippen LogP contribution < -0.4 is 5.32 Å². The highest BCUT2D eigenvalue weighted by Gasteiger charge is 2.22. The lowest BCUT2D eigenvalue weighted by atomic mass is 10.2. The third kappa shape index (κ3) is 5.50. The molecule has 0 aliphatic carbocycles. The number of anilines is 1. The van der Waals surface area contributed by atoms with Crippen molar-refractivity contribution in [2.75, 3.05) is 38.1 Å². The van der Waals surface area contributed by atoms with Gasteiger partial charge in [0.15, 0.2) is 5.11 Å². The van der Waals surface area contributed by atoms with E-state index in [0.717, 1.165) is 30.0 Å². The fourth-order valence-electron chi connectivity index (χ4n) is 3.22. The molecule has 160 valence electrons. The molecule has 9 heteroatoms. The summed E-state index contributed by atoms with van der Waals surface area (Å²) in [6, 6.07) is 9.37. The number of rotatable bonds is 4. The number of nitrogens with zero attached hydrogens (tertiary/aromatic N) is 2. The van der Waals surface area contributed by atoms with Gasteiger partial charge >= 0.3 is 5.97 Å². The Morgan fingerprint density at radius 3 is 2.50 bits per heavy atom. The first-order valence-electron chi connectivity index (χ1n) is 9.77. The van der Waals surface area contributed by atoms with E-state index in [0.29, 0.717) is 40.4 Å². The van der Waals surface area contributed by atoms with Crippen molar-refractivity contribution in [3.63, 3.8) is 0 Å². The molecule has 0 bridgehead atoms. The maximum atomic E-state index is 12.5. The van der Waals surface area contributed by atoms with Gasteiger partial charge in [0.05, 0.1) is 12.3 Å². The van der Waals surface area contributed by atoms with Gasteiger partial charge in [-0.3, -0.25) is 4.79 Å². The Balaban J connectivity index is 1.81. The van der Waals surface area contributed by atoms with Crippen molar-refractivity contribution in [1.82, 2.24) is 9.80 Å². The number of carbonyl (C=O) groups excluding carboxylic acids is 2. The zero-order valence-corrected chi connectivity index (χ0v) is 19.3. The van der Waals surface area contributed by atoms with Crippen molar-refractivity contribution in [3.8, 4) is 10.4 Å². The second-order valence-corrected chi connectivity index (χ2v) is 8.73. The van der Waals surface area contributed by atoms with E-state index in [9.17, 15) is 9.59 Å². The Kier molecular flexibility index (Phi) is 7.69. The molecule has 1 N–H and O–H groups in total. The lowest BCUT2D eigenvalue weighted by Gasteiger charge is -2.24. The fraction of sp³-hybridized carbons (Fsp3) is 0.381. The molecular formula is C21H24ClN3O3S2. The van der Waals surface area contributed by atoms with Crippen molar-refractivity contribution in [2.45, 2.75) is 20.3 Å². The van der Waals surface area contributed by atoms with Crippen LogP contribution in [0.4, 0.5) is 5.69 Å². The lowest BCUT2D eigenvalue weighted by molar-refractivity contribution is -0.128. The molecule has 6 nitrogen and oxygen atoms in total. The smallest absolute Gasteiger partial charge is 0.350 e. The predicted octanol–water partition coefficient (Wildman–Crippen LogP) is 4.50. The molecule has 1 amide bonds. The van der Waals surface area contributed by atoms with Crippen molar-refractivity contribution < 1.29 is 14.3 Å². The molecule has 0 spiro atoms. The summed E-state index contributed by atoms with van der Waals surface area (Å²) >= 11 is 13.0. The van der Waals surface area contributed by atoms with Crippen LogP contribution in [0.3, 0.4) is 0 Å². The Morgan fingerprint density at radius 2 is 1.83 bits per heavy atom. The van der Waals surface area contributed by atoms with Crippen molar-refractivity contribution >= 4 is 57.8 Å². The molecule has 3 rings (SSSR count). The third-order valence-corrected chi connectivity index (χ3v) is 6.57.